The molecule has 13 nitrogen and oxygen atoms in total. The van der Waals surface area contributed by atoms with Crippen LogP contribution in [0, 0.1) is 0 Å². The van der Waals surface area contributed by atoms with Crippen LogP contribution in [0.4, 0.5) is 5.82 Å². The second-order valence-electron chi connectivity index (χ2n) is 10.3. The third kappa shape index (κ3) is 11.2. The van der Waals surface area contributed by atoms with Crippen LogP contribution >= 0.6 is 11.8 Å². The van der Waals surface area contributed by atoms with Gasteiger partial charge in [0.25, 0.3) is 11.8 Å². The fourth-order valence-corrected chi connectivity index (χ4v) is 4.73. The van der Waals surface area contributed by atoms with E-state index in [-0.39, 0.29) is 42.1 Å². The lowest BCUT2D eigenvalue weighted by Gasteiger charge is -2.23. The molecule has 1 heterocycles. The van der Waals surface area contributed by atoms with Crippen LogP contribution in [-0.4, -0.2) is 71.7 Å². The van der Waals surface area contributed by atoms with Crippen LogP contribution in [0.1, 0.15) is 59.4 Å². The number of nitrogens with one attached hydrogen (secondary N) is 4. The van der Waals surface area contributed by atoms with E-state index in [0.717, 1.165) is 12.0 Å². The number of hydrogen-bond donors (Lipinski definition) is 4. The van der Waals surface area contributed by atoms with E-state index in [2.05, 4.69) is 31.2 Å². The number of hydrogen-bond acceptors (Lipinski definition) is 11. The fraction of sp³-hybridized carbons (Fsp3) is 0.324. The minimum absolute atomic E-state index is 0.00696. The lowest BCUT2D eigenvalue weighted by atomic mass is 10.0. The molecular formula is C34H40N6O7S. The Labute approximate surface area is 283 Å². The minimum Gasteiger partial charge on any atom is -0.467 e. The first-order valence-electron chi connectivity index (χ1n) is 15.3. The molecule has 0 saturated heterocycles. The Morgan fingerprint density at radius 2 is 1.62 bits per heavy atom. The largest absolute Gasteiger partial charge is 0.467 e. The number of carbonyl (C=O) groups excluding carboxylic acids is 5. The van der Waals surface area contributed by atoms with Gasteiger partial charge in [0.2, 0.25) is 5.91 Å². The maximum absolute atomic E-state index is 13.8. The summed E-state index contributed by atoms with van der Waals surface area (Å²) in [6, 6.07) is 15.3. The van der Waals surface area contributed by atoms with Gasteiger partial charge in [0.1, 0.15) is 29.2 Å². The summed E-state index contributed by atoms with van der Waals surface area (Å²) < 4.78 is 10.0. The average molecular weight is 677 g/mol. The van der Waals surface area contributed by atoms with Gasteiger partial charge < -0.3 is 30.7 Å². The van der Waals surface area contributed by atoms with Gasteiger partial charge in [0.05, 0.1) is 13.7 Å². The third-order valence-corrected chi connectivity index (χ3v) is 7.44. The van der Waals surface area contributed by atoms with Gasteiger partial charge in [-0.1, -0.05) is 80.1 Å². The number of anilines is 1. The zero-order chi connectivity index (χ0) is 34.9. The molecule has 48 heavy (non-hydrogen) atoms. The Morgan fingerprint density at radius 1 is 0.938 bits per heavy atom. The van der Waals surface area contributed by atoms with Crippen LogP contribution in [0.5, 0.6) is 0 Å². The van der Waals surface area contributed by atoms with Crippen molar-refractivity contribution in [3.05, 3.63) is 95.4 Å². The standard InChI is InChI=1S/C34H40N6O7S/c1-5-7-18-25(30(42)38-26(33(45)46-3)19-22-14-10-8-11-15-22)37-31(43)27(39-29(41)23-16-12-9-13-17-23)21-35-28-24(32(44)47-6-2)20-36-34(40-28)48-4/h8-17,20-21,25-26H,5-7,18-19H2,1-4H3,(H,37,43)(H,38,42)(H,39,41)(H,35,36,40)/b27-21-/t25-,26-/m0/s1. The first-order valence-corrected chi connectivity index (χ1v) is 16.6. The monoisotopic (exact) mass is 676 g/mol. The number of nitrogens with zero attached hydrogens (tertiary/aromatic N) is 2. The lowest BCUT2D eigenvalue weighted by Crippen LogP contribution is -2.53. The van der Waals surface area contributed by atoms with Crippen molar-refractivity contribution < 1.29 is 33.4 Å². The maximum atomic E-state index is 13.8. The van der Waals surface area contributed by atoms with Crippen LogP contribution in [0.3, 0.4) is 0 Å². The number of aromatic nitrogens is 2. The van der Waals surface area contributed by atoms with E-state index in [1.807, 2.05) is 37.3 Å². The van der Waals surface area contributed by atoms with Crippen molar-refractivity contribution in [1.82, 2.24) is 25.9 Å². The number of benzene rings is 2. The quantitative estimate of drug-likeness (QED) is 0.0711. The molecule has 0 aliphatic heterocycles. The summed E-state index contributed by atoms with van der Waals surface area (Å²) >= 11 is 1.23. The number of ether oxygens (including phenoxy) is 2. The van der Waals surface area contributed by atoms with Gasteiger partial charge in [-0.25, -0.2) is 19.6 Å². The molecule has 0 radical (unpaired) electrons. The molecule has 0 aliphatic rings. The summed E-state index contributed by atoms with van der Waals surface area (Å²) in [4.78, 5) is 74.2. The molecule has 0 saturated carbocycles. The molecule has 3 aromatic rings. The molecule has 2 atom stereocenters. The van der Waals surface area contributed by atoms with Crippen molar-refractivity contribution in [2.24, 2.45) is 0 Å². The summed E-state index contributed by atoms with van der Waals surface area (Å²) in [5, 5.41) is 11.2. The Kier molecular flexibility index (Phi) is 15.1. The molecule has 0 bridgehead atoms. The Hall–Kier alpha value is -5.24. The zero-order valence-electron chi connectivity index (χ0n) is 27.3. The van der Waals surface area contributed by atoms with Gasteiger partial charge in [-0.05, 0) is 37.3 Å². The fourth-order valence-electron chi connectivity index (χ4n) is 4.39. The predicted octanol–water partition coefficient (Wildman–Crippen LogP) is 3.63. The summed E-state index contributed by atoms with van der Waals surface area (Å²) in [6.45, 7) is 3.71. The van der Waals surface area contributed by atoms with E-state index in [1.54, 1.807) is 43.5 Å². The van der Waals surface area contributed by atoms with Crippen molar-refractivity contribution in [1.29, 1.82) is 0 Å². The van der Waals surface area contributed by atoms with Crippen molar-refractivity contribution >= 4 is 47.2 Å². The molecule has 0 aliphatic carbocycles. The summed E-state index contributed by atoms with van der Waals surface area (Å²) in [6.07, 6.45) is 5.95. The molecule has 2 aromatic carbocycles. The van der Waals surface area contributed by atoms with Crippen molar-refractivity contribution in [3.8, 4) is 0 Å². The minimum atomic E-state index is -1.07. The van der Waals surface area contributed by atoms with Crippen molar-refractivity contribution in [2.45, 2.75) is 56.8 Å². The smallest absolute Gasteiger partial charge is 0.343 e. The molecule has 3 rings (SSSR count). The van der Waals surface area contributed by atoms with E-state index in [9.17, 15) is 24.0 Å². The number of amides is 3. The topological polar surface area (TPSA) is 178 Å². The highest BCUT2D eigenvalue weighted by Gasteiger charge is 2.29. The van der Waals surface area contributed by atoms with Gasteiger partial charge in [0, 0.05) is 24.4 Å². The van der Waals surface area contributed by atoms with Crippen LogP contribution in [-0.2, 0) is 30.3 Å². The Morgan fingerprint density at radius 3 is 2.25 bits per heavy atom. The van der Waals surface area contributed by atoms with Crippen molar-refractivity contribution in [2.75, 3.05) is 25.3 Å². The van der Waals surface area contributed by atoms with E-state index in [0.29, 0.717) is 11.6 Å². The van der Waals surface area contributed by atoms with E-state index < -0.39 is 41.7 Å². The molecule has 3 amide bonds. The predicted molar refractivity (Wildman–Crippen MR) is 181 cm³/mol. The SMILES string of the molecule is CCCC[C@H](NC(=O)/C(=C/Nc1nc(SC)ncc1C(=O)OCC)NC(=O)c1ccccc1)C(=O)N[C@@H](Cc1ccccc1)C(=O)OC. The Bertz CT molecular complexity index is 1590. The van der Waals surface area contributed by atoms with E-state index in [4.69, 9.17) is 9.47 Å². The third-order valence-electron chi connectivity index (χ3n) is 6.88. The normalized spacial score (nSPS) is 12.2. The van der Waals surface area contributed by atoms with Gasteiger partial charge in [-0.2, -0.15) is 0 Å². The molecule has 0 spiro atoms. The Balaban J connectivity index is 1.93. The number of rotatable bonds is 17. The first-order chi connectivity index (χ1) is 23.2. The van der Waals surface area contributed by atoms with Crippen LogP contribution in [0.25, 0.3) is 0 Å². The second-order valence-corrected chi connectivity index (χ2v) is 11.1. The number of methoxy groups -OCH3 is 1. The number of unbranched alkanes of at least 4 members (excludes halogenated alkanes) is 1. The van der Waals surface area contributed by atoms with Gasteiger partial charge in [-0.15, -0.1) is 0 Å². The van der Waals surface area contributed by atoms with E-state index in [1.165, 1.54) is 31.3 Å². The van der Waals surface area contributed by atoms with Crippen molar-refractivity contribution in [3.63, 3.8) is 0 Å². The van der Waals surface area contributed by atoms with E-state index >= 15 is 0 Å². The molecule has 4 N–H and O–H groups in total. The molecule has 0 fully saturated rings. The highest BCUT2D eigenvalue weighted by molar-refractivity contribution is 7.98. The molecule has 0 unspecified atom stereocenters. The lowest BCUT2D eigenvalue weighted by molar-refractivity contribution is -0.145. The van der Waals surface area contributed by atoms with Gasteiger partial charge in [-0.3, -0.25) is 14.4 Å². The molecule has 254 valence electrons. The number of thioether (sulfide) groups is 1. The van der Waals surface area contributed by atoms with Crippen LogP contribution in [0.15, 0.2) is 83.9 Å². The number of esters is 2. The summed E-state index contributed by atoms with van der Waals surface area (Å²) in [5.41, 5.74) is 0.814. The average Bonchev–Trinajstić information content (AvgIpc) is 3.11. The van der Waals surface area contributed by atoms with Crippen LogP contribution < -0.4 is 21.3 Å². The maximum Gasteiger partial charge on any atom is 0.343 e. The second kappa shape index (κ2) is 19.4. The van der Waals surface area contributed by atoms with Gasteiger partial charge in [0.15, 0.2) is 5.16 Å². The molecular weight excluding hydrogens is 636 g/mol. The molecule has 14 heteroatoms. The van der Waals surface area contributed by atoms with Crippen LogP contribution in [0.2, 0.25) is 0 Å². The highest BCUT2D eigenvalue weighted by Crippen LogP contribution is 2.18. The first kappa shape index (κ1) is 37.2. The zero-order valence-corrected chi connectivity index (χ0v) is 28.1. The van der Waals surface area contributed by atoms with Gasteiger partial charge >= 0.3 is 11.9 Å². The highest BCUT2D eigenvalue weighted by atomic mass is 32.2. The number of carbonyl (C=O) groups is 5. The summed E-state index contributed by atoms with van der Waals surface area (Å²) in [7, 11) is 1.23. The molecule has 1 aromatic heterocycles. The summed E-state index contributed by atoms with van der Waals surface area (Å²) in [5.74, 6) is -3.30.